The van der Waals surface area contributed by atoms with Crippen LogP contribution in [0.25, 0.3) is 0 Å². The van der Waals surface area contributed by atoms with Crippen molar-refractivity contribution in [2.24, 2.45) is 0 Å². The smallest absolute Gasteiger partial charge is 0.394 e. The molecule has 1 aliphatic carbocycles. The van der Waals surface area contributed by atoms with Gasteiger partial charge in [-0.05, 0) is 45.8 Å². The van der Waals surface area contributed by atoms with Gasteiger partial charge in [0.1, 0.15) is 0 Å². The Balaban J connectivity index is 1.88. The molecule has 2 nitrogen and oxygen atoms in total. The molecule has 1 aliphatic heterocycles. The SMILES string of the molecule is CC1(C)OB(SC2CCCCC2)OC1(C)C. The molecule has 1 heterocycles. The summed E-state index contributed by atoms with van der Waals surface area (Å²) in [5.41, 5.74) is -0.362. The van der Waals surface area contributed by atoms with Crippen molar-refractivity contribution < 1.29 is 9.31 Å². The van der Waals surface area contributed by atoms with Gasteiger partial charge in [0.2, 0.25) is 0 Å². The van der Waals surface area contributed by atoms with Crippen molar-refractivity contribution in [1.29, 1.82) is 0 Å². The van der Waals surface area contributed by atoms with E-state index in [9.17, 15) is 0 Å². The van der Waals surface area contributed by atoms with Crippen LogP contribution in [-0.4, -0.2) is 22.8 Å². The van der Waals surface area contributed by atoms with Crippen molar-refractivity contribution in [2.45, 2.75) is 76.3 Å². The van der Waals surface area contributed by atoms with Crippen LogP contribution in [0.2, 0.25) is 0 Å². The van der Waals surface area contributed by atoms with Crippen LogP contribution in [0, 0.1) is 0 Å². The molecule has 16 heavy (non-hydrogen) atoms. The van der Waals surface area contributed by atoms with Crippen LogP contribution >= 0.6 is 11.6 Å². The Morgan fingerprint density at radius 3 is 1.94 bits per heavy atom. The summed E-state index contributed by atoms with van der Waals surface area (Å²) >= 11 is 1.89. The highest BCUT2D eigenvalue weighted by molar-refractivity contribution is 8.24. The first-order chi connectivity index (χ1) is 7.41. The molecule has 0 amide bonds. The van der Waals surface area contributed by atoms with Gasteiger partial charge in [0.05, 0.1) is 11.2 Å². The predicted octanol–water partition coefficient (Wildman–Crippen LogP) is 3.64. The van der Waals surface area contributed by atoms with E-state index in [4.69, 9.17) is 9.31 Å². The molecule has 0 N–H and O–H groups in total. The summed E-state index contributed by atoms with van der Waals surface area (Å²) in [5.74, 6) is 0. The Hall–Kier alpha value is 0.335. The van der Waals surface area contributed by atoms with Crippen molar-refractivity contribution in [2.75, 3.05) is 0 Å². The van der Waals surface area contributed by atoms with Crippen LogP contribution in [0.15, 0.2) is 0 Å². The molecule has 2 aliphatic rings. The van der Waals surface area contributed by atoms with Gasteiger partial charge in [-0.25, -0.2) is 0 Å². The predicted molar refractivity (Wildman–Crippen MR) is 70.5 cm³/mol. The number of hydrogen-bond acceptors (Lipinski definition) is 3. The molecular formula is C12H23BO2S. The standard InChI is InChI=1S/C12H23BO2S/c1-11(2)12(3,4)15-13(14-11)16-10-8-6-5-7-9-10/h10H,5-9H2,1-4H3. The third-order valence-electron chi connectivity index (χ3n) is 4.09. The van der Waals surface area contributed by atoms with Gasteiger partial charge < -0.3 is 9.31 Å². The molecular weight excluding hydrogens is 219 g/mol. The second-order valence-corrected chi connectivity index (χ2v) is 7.26. The van der Waals surface area contributed by atoms with Crippen molar-refractivity contribution in [3.8, 4) is 0 Å². The highest BCUT2D eigenvalue weighted by Crippen LogP contribution is 2.42. The molecule has 0 bridgehead atoms. The van der Waals surface area contributed by atoms with E-state index in [0.717, 1.165) is 5.25 Å². The highest BCUT2D eigenvalue weighted by atomic mass is 32.2. The minimum atomic E-state index is -0.181. The second-order valence-electron chi connectivity index (χ2n) is 5.94. The van der Waals surface area contributed by atoms with Gasteiger partial charge in [-0.3, -0.25) is 0 Å². The van der Waals surface area contributed by atoms with E-state index >= 15 is 0 Å². The quantitative estimate of drug-likeness (QED) is 0.689. The topological polar surface area (TPSA) is 18.5 Å². The Bertz CT molecular complexity index is 233. The van der Waals surface area contributed by atoms with E-state index < -0.39 is 0 Å². The largest absolute Gasteiger partial charge is 0.532 e. The number of hydrogen-bond donors (Lipinski definition) is 0. The first-order valence-corrected chi connectivity index (χ1v) is 7.36. The van der Waals surface area contributed by atoms with Gasteiger partial charge >= 0.3 is 6.40 Å². The van der Waals surface area contributed by atoms with Gasteiger partial charge in [-0.1, -0.05) is 19.3 Å². The zero-order valence-electron chi connectivity index (χ0n) is 10.9. The van der Waals surface area contributed by atoms with Crippen LogP contribution in [0.3, 0.4) is 0 Å². The zero-order valence-corrected chi connectivity index (χ0v) is 11.7. The molecule has 0 unspecified atom stereocenters. The van der Waals surface area contributed by atoms with E-state index in [-0.39, 0.29) is 17.6 Å². The molecule has 2 fully saturated rings. The van der Waals surface area contributed by atoms with E-state index in [1.54, 1.807) is 0 Å². The van der Waals surface area contributed by atoms with Crippen molar-refractivity contribution >= 4 is 18.0 Å². The fraction of sp³-hybridized carbons (Fsp3) is 1.00. The fourth-order valence-corrected chi connectivity index (χ4v) is 3.71. The summed E-state index contributed by atoms with van der Waals surface area (Å²) < 4.78 is 12.0. The lowest BCUT2D eigenvalue weighted by Crippen LogP contribution is -2.41. The minimum absolute atomic E-state index is 0.0619. The molecule has 0 atom stereocenters. The summed E-state index contributed by atoms with van der Waals surface area (Å²) in [5, 5.41) is 0.739. The number of rotatable bonds is 2. The average molecular weight is 242 g/mol. The van der Waals surface area contributed by atoms with Gasteiger partial charge in [0.25, 0.3) is 0 Å². The molecule has 0 aromatic heterocycles. The van der Waals surface area contributed by atoms with Crippen molar-refractivity contribution in [3.05, 3.63) is 0 Å². The molecule has 0 aromatic carbocycles. The van der Waals surface area contributed by atoms with Gasteiger partial charge in [-0.15, -0.1) is 11.6 Å². The molecule has 2 rings (SSSR count). The Kier molecular flexibility index (Phi) is 3.63. The second kappa shape index (κ2) is 4.54. The summed E-state index contributed by atoms with van der Waals surface area (Å²) in [6.45, 7) is 8.48. The van der Waals surface area contributed by atoms with Crippen LogP contribution in [0.1, 0.15) is 59.8 Å². The fourth-order valence-electron chi connectivity index (χ4n) is 2.20. The lowest BCUT2D eigenvalue weighted by Gasteiger charge is -2.32. The molecule has 0 aromatic rings. The van der Waals surface area contributed by atoms with Crippen LogP contribution < -0.4 is 0 Å². The molecule has 1 saturated carbocycles. The molecule has 0 spiro atoms. The van der Waals surface area contributed by atoms with E-state index in [1.165, 1.54) is 32.1 Å². The van der Waals surface area contributed by atoms with Gasteiger partial charge in [0, 0.05) is 0 Å². The lowest BCUT2D eigenvalue weighted by atomic mass is 9.90. The minimum Gasteiger partial charge on any atom is -0.394 e. The first-order valence-electron chi connectivity index (χ1n) is 6.42. The highest BCUT2D eigenvalue weighted by Gasteiger charge is 2.52. The molecule has 4 heteroatoms. The summed E-state index contributed by atoms with van der Waals surface area (Å²) in [6, 6.07) is 0. The molecule has 0 radical (unpaired) electrons. The lowest BCUT2D eigenvalue weighted by molar-refractivity contribution is 0.00578. The summed E-state index contributed by atoms with van der Waals surface area (Å²) in [4.78, 5) is 0. The van der Waals surface area contributed by atoms with E-state index in [1.807, 2.05) is 11.6 Å². The first kappa shape index (κ1) is 12.8. The summed E-state index contributed by atoms with van der Waals surface area (Å²) in [6.07, 6.45) is 6.74. The monoisotopic (exact) mass is 242 g/mol. The third-order valence-corrected chi connectivity index (χ3v) is 5.36. The van der Waals surface area contributed by atoms with Crippen LogP contribution in [-0.2, 0) is 9.31 Å². The van der Waals surface area contributed by atoms with Gasteiger partial charge in [-0.2, -0.15) is 0 Å². The Morgan fingerprint density at radius 1 is 0.938 bits per heavy atom. The average Bonchev–Trinajstić information content (AvgIpc) is 2.36. The van der Waals surface area contributed by atoms with Crippen molar-refractivity contribution in [3.63, 3.8) is 0 Å². The zero-order chi connectivity index (χ0) is 11.8. The maximum absolute atomic E-state index is 6.01. The van der Waals surface area contributed by atoms with E-state index in [0.29, 0.717) is 0 Å². The normalized spacial score (nSPS) is 29.6. The van der Waals surface area contributed by atoms with E-state index in [2.05, 4.69) is 27.7 Å². The van der Waals surface area contributed by atoms with Gasteiger partial charge in [0.15, 0.2) is 0 Å². The van der Waals surface area contributed by atoms with Crippen LogP contribution in [0.5, 0.6) is 0 Å². The summed E-state index contributed by atoms with van der Waals surface area (Å²) in [7, 11) is 0. The maximum Gasteiger partial charge on any atom is 0.532 e. The molecule has 1 saturated heterocycles. The van der Waals surface area contributed by atoms with Crippen LogP contribution in [0.4, 0.5) is 0 Å². The maximum atomic E-state index is 6.01. The Morgan fingerprint density at radius 2 is 1.44 bits per heavy atom. The third kappa shape index (κ3) is 2.60. The molecule has 92 valence electrons. The van der Waals surface area contributed by atoms with Crippen molar-refractivity contribution in [1.82, 2.24) is 0 Å². The Labute approximate surface area is 104 Å².